The topological polar surface area (TPSA) is 57.2 Å². The average Bonchev–Trinajstić information content (AvgIpc) is 2.36. The van der Waals surface area contributed by atoms with E-state index in [-0.39, 0.29) is 34.5 Å². The van der Waals surface area contributed by atoms with Crippen LogP contribution >= 0.6 is 0 Å². The molecule has 5 heteroatoms. The van der Waals surface area contributed by atoms with Crippen LogP contribution in [0.25, 0.3) is 0 Å². The Kier molecular flexibility index (Phi) is 10.1. The molecule has 0 spiro atoms. The molecule has 0 heterocycles. The van der Waals surface area contributed by atoms with Crippen molar-refractivity contribution in [2.75, 3.05) is 0 Å². The minimum absolute atomic E-state index is 0. The monoisotopic (exact) mass is 334 g/mol. The molecular formula is C17H27NaO3S. The standard InChI is InChI=1S/C17H28O3S.Na/c1-13(2)9-7-5-6-8-10-16-15(4)14(3)11-12-17(16)21(18,19)20;/h11-13H,5-10H2,1-4H3,(H,18,19,20);/q;+1/p-1. The number of hydrogen-bond donors (Lipinski definition) is 0. The first-order valence-corrected chi connectivity index (χ1v) is 9.19. The Morgan fingerprint density at radius 1 is 1.05 bits per heavy atom. The molecule has 0 aliphatic rings. The summed E-state index contributed by atoms with van der Waals surface area (Å²) < 4.78 is 34.1. The molecule has 120 valence electrons. The summed E-state index contributed by atoms with van der Waals surface area (Å²) >= 11 is 0. The van der Waals surface area contributed by atoms with Gasteiger partial charge < -0.3 is 4.55 Å². The fourth-order valence-corrected chi connectivity index (χ4v) is 3.39. The van der Waals surface area contributed by atoms with E-state index in [4.69, 9.17) is 0 Å². The van der Waals surface area contributed by atoms with Gasteiger partial charge in [-0.25, -0.2) is 8.42 Å². The molecule has 0 fully saturated rings. The maximum atomic E-state index is 11.4. The molecule has 1 rings (SSSR count). The summed E-state index contributed by atoms with van der Waals surface area (Å²) in [5.74, 6) is 0.737. The van der Waals surface area contributed by atoms with Gasteiger partial charge in [0.15, 0.2) is 0 Å². The fourth-order valence-electron chi connectivity index (χ4n) is 2.60. The smallest absolute Gasteiger partial charge is 0.744 e. The minimum atomic E-state index is -4.38. The van der Waals surface area contributed by atoms with Crippen LogP contribution in [-0.2, 0) is 16.5 Å². The van der Waals surface area contributed by atoms with Crippen LogP contribution in [0.15, 0.2) is 17.0 Å². The van der Waals surface area contributed by atoms with Crippen LogP contribution in [0.5, 0.6) is 0 Å². The molecule has 0 bridgehead atoms. The van der Waals surface area contributed by atoms with E-state index in [1.807, 2.05) is 13.8 Å². The second-order valence-electron chi connectivity index (χ2n) is 6.29. The van der Waals surface area contributed by atoms with E-state index in [9.17, 15) is 13.0 Å². The first-order valence-electron chi connectivity index (χ1n) is 7.78. The van der Waals surface area contributed by atoms with Crippen molar-refractivity contribution in [2.24, 2.45) is 5.92 Å². The van der Waals surface area contributed by atoms with Crippen molar-refractivity contribution >= 4 is 10.1 Å². The predicted molar refractivity (Wildman–Crippen MR) is 85.5 cm³/mol. The molecule has 0 radical (unpaired) electrons. The van der Waals surface area contributed by atoms with Gasteiger partial charge >= 0.3 is 29.6 Å². The van der Waals surface area contributed by atoms with Gasteiger partial charge in [0.1, 0.15) is 10.1 Å². The summed E-state index contributed by atoms with van der Waals surface area (Å²) in [6.07, 6.45) is 6.32. The summed E-state index contributed by atoms with van der Waals surface area (Å²) in [5.41, 5.74) is 2.69. The van der Waals surface area contributed by atoms with Gasteiger partial charge in [0.2, 0.25) is 0 Å². The second kappa shape index (κ2) is 10.1. The van der Waals surface area contributed by atoms with Gasteiger partial charge in [-0.05, 0) is 55.4 Å². The first-order chi connectivity index (χ1) is 9.73. The number of benzene rings is 1. The number of unbranched alkanes of at least 4 members (excludes halogenated alkanes) is 3. The summed E-state index contributed by atoms with van der Waals surface area (Å²) in [4.78, 5) is -0.0345. The maximum Gasteiger partial charge on any atom is 1.00 e. The van der Waals surface area contributed by atoms with E-state index in [0.29, 0.717) is 12.0 Å². The molecule has 0 aliphatic heterocycles. The predicted octanol–water partition coefficient (Wildman–Crippen LogP) is 1.36. The molecule has 0 N–H and O–H groups in total. The van der Waals surface area contributed by atoms with Gasteiger partial charge in [-0.1, -0.05) is 45.6 Å². The Labute approximate surface area is 157 Å². The summed E-state index contributed by atoms with van der Waals surface area (Å²) in [6.45, 7) is 8.30. The molecule has 0 amide bonds. The van der Waals surface area contributed by atoms with Crippen molar-refractivity contribution in [1.29, 1.82) is 0 Å². The maximum absolute atomic E-state index is 11.4. The Hall–Kier alpha value is 0.130. The van der Waals surface area contributed by atoms with E-state index in [2.05, 4.69) is 13.8 Å². The Bertz CT molecular complexity index is 566. The third kappa shape index (κ3) is 7.14. The van der Waals surface area contributed by atoms with Crippen molar-refractivity contribution in [3.8, 4) is 0 Å². The van der Waals surface area contributed by atoms with Gasteiger partial charge in [0, 0.05) is 0 Å². The molecule has 0 saturated carbocycles. The van der Waals surface area contributed by atoms with Crippen LogP contribution in [0.3, 0.4) is 0 Å². The Morgan fingerprint density at radius 3 is 2.18 bits per heavy atom. The van der Waals surface area contributed by atoms with Crippen LogP contribution in [0.2, 0.25) is 0 Å². The van der Waals surface area contributed by atoms with Crippen LogP contribution < -0.4 is 29.6 Å². The largest absolute Gasteiger partial charge is 1.00 e. The molecule has 1 aromatic carbocycles. The van der Waals surface area contributed by atoms with Crippen molar-refractivity contribution < 1.29 is 42.5 Å². The Balaban J connectivity index is 0.00000441. The van der Waals surface area contributed by atoms with E-state index in [1.165, 1.54) is 25.3 Å². The normalized spacial score (nSPS) is 11.5. The molecule has 0 aliphatic carbocycles. The van der Waals surface area contributed by atoms with Gasteiger partial charge in [-0.15, -0.1) is 0 Å². The molecule has 0 unspecified atom stereocenters. The summed E-state index contributed by atoms with van der Waals surface area (Å²) in [5, 5.41) is 0. The minimum Gasteiger partial charge on any atom is -0.744 e. The van der Waals surface area contributed by atoms with Crippen molar-refractivity contribution in [2.45, 2.75) is 71.1 Å². The fraction of sp³-hybridized carbons (Fsp3) is 0.647. The molecule has 0 atom stereocenters. The van der Waals surface area contributed by atoms with E-state index >= 15 is 0 Å². The van der Waals surface area contributed by atoms with Crippen LogP contribution in [0, 0.1) is 19.8 Å². The van der Waals surface area contributed by atoms with Gasteiger partial charge in [-0.2, -0.15) is 0 Å². The molecule has 0 saturated heterocycles. The zero-order valence-corrected chi connectivity index (χ0v) is 17.4. The number of hydrogen-bond acceptors (Lipinski definition) is 3. The molecule has 22 heavy (non-hydrogen) atoms. The number of aryl methyl sites for hydroxylation is 1. The Morgan fingerprint density at radius 2 is 1.64 bits per heavy atom. The van der Waals surface area contributed by atoms with Crippen LogP contribution in [-0.4, -0.2) is 13.0 Å². The molecule has 3 nitrogen and oxygen atoms in total. The van der Waals surface area contributed by atoms with Gasteiger partial charge in [-0.3, -0.25) is 0 Å². The van der Waals surface area contributed by atoms with Gasteiger partial charge in [0.25, 0.3) is 0 Å². The summed E-state index contributed by atoms with van der Waals surface area (Å²) in [7, 11) is -4.38. The van der Waals surface area contributed by atoms with Crippen molar-refractivity contribution in [3.63, 3.8) is 0 Å². The van der Waals surface area contributed by atoms with E-state index in [0.717, 1.165) is 29.9 Å². The first kappa shape index (κ1) is 22.1. The third-order valence-corrected chi connectivity index (χ3v) is 4.98. The van der Waals surface area contributed by atoms with Crippen LogP contribution in [0.4, 0.5) is 0 Å². The zero-order chi connectivity index (χ0) is 16.0. The second-order valence-corrected chi connectivity index (χ2v) is 7.63. The van der Waals surface area contributed by atoms with Gasteiger partial charge in [0.05, 0.1) is 4.90 Å². The molecule has 0 aromatic heterocycles. The zero-order valence-electron chi connectivity index (χ0n) is 14.6. The number of rotatable bonds is 8. The van der Waals surface area contributed by atoms with Crippen molar-refractivity contribution in [1.82, 2.24) is 0 Å². The molecular weight excluding hydrogens is 307 g/mol. The molecule has 1 aromatic rings. The average molecular weight is 334 g/mol. The quantitative estimate of drug-likeness (QED) is 0.410. The van der Waals surface area contributed by atoms with E-state index in [1.54, 1.807) is 6.07 Å². The third-order valence-electron chi connectivity index (χ3n) is 4.05. The van der Waals surface area contributed by atoms with E-state index < -0.39 is 10.1 Å². The SMILES string of the molecule is Cc1ccc(S(=O)(=O)[O-])c(CCCCCCC(C)C)c1C.[Na+]. The summed E-state index contributed by atoms with van der Waals surface area (Å²) in [6, 6.07) is 3.17. The van der Waals surface area contributed by atoms with Crippen LogP contribution in [0.1, 0.15) is 62.6 Å². The van der Waals surface area contributed by atoms with Crippen molar-refractivity contribution in [3.05, 3.63) is 28.8 Å².